The molecule has 5 heteroatoms. The van der Waals surface area contributed by atoms with Crippen LogP contribution in [-0.2, 0) is 4.74 Å². The van der Waals surface area contributed by atoms with Gasteiger partial charge in [-0.25, -0.2) is 4.79 Å². The molecule has 1 amide bonds. The SMILES string of the molecule is O=C(O)N1CC2COC(CO)(C2)C1. The second kappa shape index (κ2) is 2.85. The molecule has 0 saturated carbocycles. The van der Waals surface area contributed by atoms with Gasteiger partial charge in [-0.1, -0.05) is 0 Å². The fourth-order valence-corrected chi connectivity index (χ4v) is 2.20. The Morgan fingerprint density at radius 2 is 2.46 bits per heavy atom. The molecule has 2 heterocycles. The van der Waals surface area contributed by atoms with Gasteiger partial charge in [0.1, 0.15) is 5.60 Å². The zero-order valence-electron chi connectivity index (χ0n) is 7.27. The first kappa shape index (κ1) is 8.77. The largest absolute Gasteiger partial charge is 0.465 e. The average molecular weight is 187 g/mol. The molecule has 2 rings (SSSR count). The van der Waals surface area contributed by atoms with Gasteiger partial charge in [0.15, 0.2) is 0 Å². The number of carbonyl (C=O) groups is 1. The molecule has 0 radical (unpaired) electrons. The van der Waals surface area contributed by atoms with Crippen LogP contribution < -0.4 is 0 Å². The van der Waals surface area contributed by atoms with Gasteiger partial charge in [-0.15, -0.1) is 0 Å². The Bertz CT molecular complexity index is 232. The van der Waals surface area contributed by atoms with E-state index >= 15 is 0 Å². The van der Waals surface area contributed by atoms with E-state index in [-0.39, 0.29) is 12.5 Å². The van der Waals surface area contributed by atoms with Crippen LogP contribution in [0.5, 0.6) is 0 Å². The smallest absolute Gasteiger partial charge is 0.407 e. The normalized spacial score (nSPS) is 37.9. The maximum absolute atomic E-state index is 10.7. The predicted octanol–water partition coefficient (Wildman–Crippen LogP) is -0.252. The number of ether oxygens (including phenoxy) is 1. The lowest BCUT2D eigenvalue weighted by atomic mass is 9.90. The molecule has 13 heavy (non-hydrogen) atoms. The van der Waals surface area contributed by atoms with E-state index in [0.717, 1.165) is 6.42 Å². The first-order valence-electron chi connectivity index (χ1n) is 4.38. The number of hydrogen-bond acceptors (Lipinski definition) is 3. The highest BCUT2D eigenvalue weighted by Gasteiger charge is 2.47. The van der Waals surface area contributed by atoms with E-state index in [2.05, 4.69) is 0 Å². The lowest BCUT2D eigenvalue weighted by molar-refractivity contribution is -0.0534. The number of carboxylic acid groups (broad SMARTS) is 1. The van der Waals surface area contributed by atoms with Crippen molar-refractivity contribution in [3.63, 3.8) is 0 Å². The summed E-state index contributed by atoms with van der Waals surface area (Å²) >= 11 is 0. The van der Waals surface area contributed by atoms with Gasteiger partial charge >= 0.3 is 6.09 Å². The molecule has 2 aliphatic heterocycles. The van der Waals surface area contributed by atoms with Crippen molar-refractivity contribution in [1.29, 1.82) is 0 Å². The van der Waals surface area contributed by atoms with Crippen LogP contribution in [0.25, 0.3) is 0 Å². The van der Waals surface area contributed by atoms with Crippen molar-refractivity contribution in [3.8, 4) is 0 Å². The van der Waals surface area contributed by atoms with Crippen LogP contribution in [-0.4, -0.2) is 53.1 Å². The quantitative estimate of drug-likeness (QED) is 0.593. The summed E-state index contributed by atoms with van der Waals surface area (Å²) in [6.45, 7) is 1.32. The highest BCUT2D eigenvalue weighted by Crippen LogP contribution is 2.35. The van der Waals surface area contributed by atoms with Crippen LogP contribution in [0.1, 0.15) is 6.42 Å². The Hall–Kier alpha value is -0.810. The molecule has 5 nitrogen and oxygen atoms in total. The molecule has 0 aromatic heterocycles. The van der Waals surface area contributed by atoms with E-state index < -0.39 is 11.7 Å². The second-order valence-corrected chi connectivity index (χ2v) is 3.89. The van der Waals surface area contributed by atoms with Crippen molar-refractivity contribution in [2.24, 2.45) is 5.92 Å². The highest BCUT2D eigenvalue weighted by atomic mass is 16.5. The molecular weight excluding hydrogens is 174 g/mol. The molecule has 74 valence electrons. The Balaban J connectivity index is 2.12. The number of aliphatic hydroxyl groups excluding tert-OH is 1. The number of rotatable bonds is 1. The zero-order chi connectivity index (χ0) is 9.47. The molecule has 2 unspecified atom stereocenters. The number of piperidine rings is 1. The van der Waals surface area contributed by atoms with Crippen molar-refractivity contribution in [1.82, 2.24) is 4.90 Å². The molecule has 0 aromatic rings. The van der Waals surface area contributed by atoms with Gasteiger partial charge in [-0.3, -0.25) is 0 Å². The standard InChI is InChI=1S/C8H13NO4/c10-5-8-1-6(3-13-8)2-9(4-8)7(11)12/h6,10H,1-5H2,(H,11,12). The molecule has 0 aliphatic carbocycles. The molecule has 2 bridgehead atoms. The first-order valence-corrected chi connectivity index (χ1v) is 4.38. The lowest BCUT2D eigenvalue weighted by Crippen LogP contribution is -2.51. The lowest BCUT2D eigenvalue weighted by Gasteiger charge is -2.35. The predicted molar refractivity (Wildman–Crippen MR) is 43.5 cm³/mol. The van der Waals surface area contributed by atoms with Gasteiger partial charge in [0.25, 0.3) is 0 Å². The summed E-state index contributed by atoms with van der Waals surface area (Å²) in [5, 5.41) is 17.9. The van der Waals surface area contributed by atoms with Crippen molar-refractivity contribution in [3.05, 3.63) is 0 Å². The Labute approximate surface area is 75.9 Å². The molecule has 2 atom stereocenters. The molecule has 0 spiro atoms. The second-order valence-electron chi connectivity index (χ2n) is 3.89. The highest BCUT2D eigenvalue weighted by molar-refractivity contribution is 5.65. The Kier molecular flexibility index (Phi) is 1.92. The minimum absolute atomic E-state index is 0.0900. The van der Waals surface area contributed by atoms with Crippen LogP contribution in [0, 0.1) is 5.92 Å². The van der Waals surface area contributed by atoms with E-state index in [1.54, 1.807) is 0 Å². The summed E-state index contributed by atoms with van der Waals surface area (Å²) < 4.78 is 5.44. The summed E-state index contributed by atoms with van der Waals surface area (Å²) in [6.07, 6.45) is -0.138. The van der Waals surface area contributed by atoms with Crippen molar-refractivity contribution in [2.45, 2.75) is 12.0 Å². The molecule has 2 saturated heterocycles. The monoisotopic (exact) mass is 187 g/mol. The minimum Gasteiger partial charge on any atom is -0.465 e. The maximum Gasteiger partial charge on any atom is 0.407 e. The van der Waals surface area contributed by atoms with Gasteiger partial charge in [-0.2, -0.15) is 0 Å². The van der Waals surface area contributed by atoms with Gasteiger partial charge in [-0.05, 0) is 6.42 Å². The van der Waals surface area contributed by atoms with E-state index in [1.165, 1.54) is 4.90 Å². The summed E-state index contributed by atoms with van der Waals surface area (Å²) in [4.78, 5) is 12.1. The Morgan fingerprint density at radius 3 is 3.08 bits per heavy atom. The van der Waals surface area contributed by atoms with Crippen LogP contribution in [0.2, 0.25) is 0 Å². The molecule has 2 aliphatic rings. The number of hydrogen-bond donors (Lipinski definition) is 2. The summed E-state index contributed by atoms with van der Waals surface area (Å²) in [7, 11) is 0. The third kappa shape index (κ3) is 1.38. The van der Waals surface area contributed by atoms with Crippen molar-refractivity contribution >= 4 is 6.09 Å². The third-order valence-corrected chi connectivity index (χ3v) is 2.80. The molecule has 2 N–H and O–H groups in total. The third-order valence-electron chi connectivity index (χ3n) is 2.80. The molecule has 0 aromatic carbocycles. The van der Waals surface area contributed by atoms with Gasteiger partial charge in [0.2, 0.25) is 0 Å². The average Bonchev–Trinajstić information content (AvgIpc) is 2.42. The van der Waals surface area contributed by atoms with E-state index in [1.807, 2.05) is 0 Å². The van der Waals surface area contributed by atoms with Crippen LogP contribution in [0.3, 0.4) is 0 Å². The minimum atomic E-state index is -0.923. The van der Waals surface area contributed by atoms with Crippen LogP contribution in [0.4, 0.5) is 4.79 Å². The van der Waals surface area contributed by atoms with Crippen LogP contribution in [0.15, 0.2) is 0 Å². The summed E-state index contributed by atoms with van der Waals surface area (Å²) in [5.74, 6) is 0.261. The molecular formula is C8H13NO4. The number of likely N-dealkylation sites (tertiary alicyclic amines) is 1. The van der Waals surface area contributed by atoms with E-state index in [4.69, 9.17) is 14.9 Å². The van der Waals surface area contributed by atoms with Crippen LogP contribution >= 0.6 is 0 Å². The first-order chi connectivity index (χ1) is 6.15. The molecule has 2 fully saturated rings. The van der Waals surface area contributed by atoms with Gasteiger partial charge < -0.3 is 19.8 Å². The number of fused-ring (bicyclic) bond motifs is 2. The zero-order valence-corrected chi connectivity index (χ0v) is 7.27. The van der Waals surface area contributed by atoms with Gasteiger partial charge in [0, 0.05) is 12.5 Å². The van der Waals surface area contributed by atoms with Gasteiger partial charge in [0.05, 0.1) is 19.8 Å². The number of nitrogens with zero attached hydrogens (tertiary/aromatic N) is 1. The number of aliphatic hydroxyl groups is 1. The van der Waals surface area contributed by atoms with Crippen molar-refractivity contribution < 1.29 is 19.7 Å². The van der Waals surface area contributed by atoms with E-state index in [0.29, 0.717) is 19.7 Å². The number of amides is 1. The fraction of sp³-hybridized carbons (Fsp3) is 0.875. The fourth-order valence-electron chi connectivity index (χ4n) is 2.20. The Morgan fingerprint density at radius 1 is 1.69 bits per heavy atom. The summed E-state index contributed by atoms with van der Waals surface area (Å²) in [6, 6.07) is 0. The maximum atomic E-state index is 10.7. The van der Waals surface area contributed by atoms with E-state index in [9.17, 15) is 4.79 Å². The summed E-state index contributed by atoms with van der Waals surface area (Å²) in [5.41, 5.74) is -0.610. The van der Waals surface area contributed by atoms with Crippen molar-refractivity contribution in [2.75, 3.05) is 26.3 Å². The topological polar surface area (TPSA) is 70.0 Å².